The number of rotatable bonds is 6. The van der Waals surface area contributed by atoms with Gasteiger partial charge < -0.3 is 4.57 Å². The molecular formula is C49H40N6. The van der Waals surface area contributed by atoms with E-state index in [2.05, 4.69) is 114 Å². The first-order valence-electron chi connectivity index (χ1n) is 19.5. The van der Waals surface area contributed by atoms with Crippen molar-refractivity contribution >= 4 is 21.8 Å². The Morgan fingerprint density at radius 3 is 2.13 bits per heavy atom. The number of para-hydroxylation sites is 1. The number of hydrogen-bond donors (Lipinski definition) is 0. The van der Waals surface area contributed by atoms with Crippen molar-refractivity contribution in [3.63, 3.8) is 0 Å². The van der Waals surface area contributed by atoms with Gasteiger partial charge in [0.05, 0.1) is 22.7 Å². The fraction of sp³-hybridized carbons (Fsp3) is 0.204. The van der Waals surface area contributed by atoms with Crippen LogP contribution in [0.3, 0.4) is 0 Å². The number of hydrogen-bond acceptors (Lipinski definition) is 5. The van der Waals surface area contributed by atoms with Crippen LogP contribution in [0.25, 0.3) is 72.8 Å². The fourth-order valence-electron chi connectivity index (χ4n) is 9.45. The first-order chi connectivity index (χ1) is 27.0. The molecule has 266 valence electrons. The third-order valence-corrected chi connectivity index (χ3v) is 12.1. The number of nitrogens with zero attached hydrogens (tertiary/aromatic N) is 6. The average molecular weight is 713 g/mol. The minimum absolute atomic E-state index is 0.328. The van der Waals surface area contributed by atoms with E-state index in [1.54, 1.807) is 6.20 Å². The zero-order chi connectivity index (χ0) is 36.9. The third-order valence-electron chi connectivity index (χ3n) is 12.1. The van der Waals surface area contributed by atoms with E-state index in [4.69, 9.17) is 15.0 Å². The zero-order valence-corrected chi connectivity index (χ0v) is 30.9. The Kier molecular flexibility index (Phi) is 8.10. The summed E-state index contributed by atoms with van der Waals surface area (Å²) in [6.07, 6.45) is 11.5. The third kappa shape index (κ3) is 5.97. The molecule has 3 aliphatic rings. The molecule has 0 amide bonds. The van der Waals surface area contributed by atoms with Crippen LogP contribution in [0, 0.1) is 23.2 Å². The highest BCUT2D eigenvalue weighted by Gasteiger charge is 2.46. The molecule has 3 heterocycles. The Balaban J connectivity index is 1.04. The van der Waals surface area contributed by atoms with Gasteiger partial charge in [0.25, 0.3) is 0 Å². The lowest BCUT2D eigenvalue weighted by atomic mass is 9.53. The molecule has 8 aromatic rings. The van der Waals surface area contributed by atoms with Crippen molar-refractivity contribution in [3.8, 4) is 57.0 Å². The molecule has 3 aromatic heterocycles. The molecule has 1 atom stereocenters. The van der Waals surface area contributed by atoms with E-state index in [1.807, 2.05) is 42.6 Å². The number of aromatic nitrogens is 5. The molecule has 6 nitrogen and oxygen atoms in total. The summed E-state index contributed by atoms with van der Waals surface area (Å²) in [5, 5.41) is 11.8. The Bertz CT molecular complexity index is 2730. The lowest BCUT2D eigenvalue weighted by molar-refractivity contribution is 0.0832. The van der Waals surface area contributed by atoms with E-state index >= 15 is 0 Å². The van der Waals surface area contributed by atoms with E-state index in [0.717, 1.165) is 56.4 Å². The van der Waals surface area contributed by atoms with Crippen molar-refractivity contribution in [2.45, 2.75) is 50.9 Å². The lowest BCUT2D eigenvalue weighted by Crippen LogP contribution is -2.43. The van der Waals surface area contributed by atoms with Crippen LogP contribution >= 0.6 is 0 Å². The van der Waals surface area contributed by atoms with E-state index in [9.17, 15) is 5.26 Å². The van der Waals surface area contributed by atoms with Gasteiger partial charge in [0.15, 0.2) is 17.5 Å². The van der Waals surface area contributed by atoms with Gasteiger partial charge in [-0.05, 0) is 114 Å². The minimum Gasteiger partial charge on any atom is -0.309 e. The minimum atomic E-state index is 0.328. The summed E-state index contributed by atoms with van der Waals surface area (Å²) in [5.74, 6) is 3.61. The van der Waals surface area contributed by atoms with Crippen LogP contribution < -0.4 is 0 Å². The molecule has 55 heavy (non-hydrogen) atoms. The Morgan fingerprint density at radius 2 is 1.35 bits per heavy atom. The van der Waals surface area contributed by atoms with Crippen LogP contribution in [0.2, 0.25) is 0 Å². The maximum absolute atomic E-state index is 9.43. The molecule has 0 radical (unpaired) electrons. The van der Waals surface area contributed by atoms with E-state index in [1.165, 1.54) is 54.9 Å². The first-order valence-corrected chi connectivity index (χ1v) is 19.5. The number of nitriles is 1. The van der Waals surface area contributed by atoms with Gasteiger partial charge in [-0.25, -0.2) is 15.0 Å². The smallest absolute Gasteiger partial charge is 0.165 e. The van der Waals surface area contributed by atoms with Crippen LogP contribution in [0.4, 0.5) is 0 Å². The molecule has 0 spiro atoms. The van der Waals surface area contributed by atoms with Gasteiger partial charge >= 0.3 is 0 Å². The molecule has 5 aromatic carbocycles. The SMILES string of the molecule is CC1CCCC2(c3ccc(-c4nc(-c5cccnc5)nc(-c5cccc(-c6ccc7c8ccccc8n(-c8ccc(C#N)cc8)c7c6)c5)n4)cc3)CC(C1)C2. The Labute approximate surface area is 321 Å². The van der Waals surface area contributed by atoms with Gasteiger partial charge in [-0.15, -0.1) is 0 Å². The highest BCUT2D eigenvalue weighted by atomic mass is 15.0. The topological polar surface area (TPSA) is 80.3 Å². The summed E-state index contributed by atoms with van der Waals surface area (Å²) in [6.45, 7) is 2.43. The van der Waals surface area contributed by atoms with Crippen molar-refractivity contribution in [1.29, 1.82) is 5.26 Å². The maximum Gasteiger partial charge on any atom is 0.165 e. The number of benzene rings is 5. The molecule has 0 aliphatic heterocycles. The number of fused-ring (bicyclic) bond motifs is 7. The summed E-state index contributed by atoms with van der Waals surface area (Å²) in [7, 11) is 0. The monoisotopic (exact) mass is 712 g/mol. The maximum atomic E-state index is 9.43. The predicted molar refractivity (Wildman–Crippen MR) is 220 cm³/mol. The number of pyridine rings is 1. The predicted octanol–water partition coefficient (Wildman–Crippen LogP) is 11.8. The van der Waals surface area contributed by atoms with Crippen LogP contribution in [0.15, 0.2) is 140 Å². The summed E-state index contributed by atoms with van der Waals surface area (Å²) in [6, 6.07) is 46.7. The highest BCUT2D eigenvalue weighted by molar-refractivity contribution is 6.10. The van der Waals surface area contributed by atoms with Crippen LogP contribution in [-0.2, 0) is 5.41 Å². The molecule has 3 aliphatic carbocycles. The zero-order valence-electron chi connectivity index (χ0n) is 30.9. The molecule has 2 bridgehead atoms. The highest BCUT2D eigenvalue weighted by Crippen LogP contribution is 2.55. The molecule has 3 fully saturated rings. The van der Waals surface area contributed by atoms with Crippen molar-refractivity contribution in [2.24, 2.45) is 11.8 Å². The normalized spacial score (nSPS) is 19.3. The first kappa shape index (κ1) is 33.1. The molecular weight excluding hydrogens is 673 g/mol. The van der Waals surface area contributed by atoms with Crippen molar-refractivity contribution in [2.75, 3.05) is 0 Å². The van der Waals surface area contributed by atoms with Crippen LogP contribution in [-0.4, -0.2) is 24.5 Å². The summed E-state index contributed by atoms with van der Waals surface area (Å²) >= 11 is 0. The standard InChI is InChI=1S/C49H40N6/c1-32-7-5-23-49(28-34(25-32)29-49)40-18-15-35(16-19-40)46-52-47(54-48(53-46)39-10-6-24-51-31-39)38-9-4-8-36(26-38)37-17-22-43-42-11-2-3-12-44(42)55(45(43)27-37)41-20-13-33(30-50)14-21-41/h2-4,6,8-22,24,26-27,31-32,34H,5,7,23,25,28-29H2,1H3. The van der Waals surface area contributed by atoms with Gasteiger partial charge in [0.1, 0.15) is 0 Å². The van der Waals surface area contributed by atoms with Crippen molar-refractivity contribution in [3.05, 3.63) is 151 Å². The van der Waals surface area contributed by atoms with E-state index in [0.29, 0.717) is 28.5 Å². The summed E-state index contributed by atoms with van der Waals surface area (Å²) < 4.78 is 2.28. The van der Waals surface area contributed by atoms with Gasteiger partial charge in [0.2, 0.25) is 0 Å². The second-order valence-electron chi connectivity index (χ2n) is 15.7. The molecule has 0 N–H and O–H groups in total. The van der Waals surface area contributed by atoms with Crippen LogP contribution in [0.1, 0.15) is 56.6 Å². The van der Waals surface area contributed by atoms with Gasteiger partial charge in [0, 0.05) is 45.5 Å². The Morgan fingerprint density at radius 1 is 0.655 bits per heavy atom. The molecule has 3 saturated carbocycles. The molecule has 0 saturated heterocycles. The van der Waals surface area contributed by atoms with Gasteiger partial charge in [-0.1, -0.05) is 92.6 Å². The van der Waals surface area contributed by atoms with E-state index in [-0.39, 0.29) is 0 Å². The molecule has 6 heteroatoms. The van der Waals surface area contributed by atoms with Crippen molar-refractivity contribution in [1.82, 2.24) is 24.5 Å². The van der Waals surface area contributed by atoms with Crippen LogP contribution in [0.5, 0.6) is 0 Å². The van der Waals surface area contributed by atoms with Crippen molar-refractivity contribution < 1.29 is 0 Å². The molecule has 11 rings (SSSR count). The summed E-state index contributed by atoms with van der Waals surface area (Å²) in [4.78, 5) is 19.5. The van der Waals surface area contributed by atoms with Gasteiger partial charge in [-0.3, -0.25) is 4.98 Å². The fourth-order valence-corrected chi connectivity index (χ4v) is 9.45. The van der Waals surface area contributed by atoms with E-state index < -0.39 is 0 Å². The lowest BCUT2D eigenvalue weighted by Gasteiger charge is -2.51. The second kappa shape index (κ2) is 13.4. The molecule has 1 unspecified atom stereocenters. The largest absolute Gasteiger partial charge is 0.309 e. The second-order valence-corrected chi connectivity index (χ2v) is 15.7. The average Bonchev–Trinajstić information content (AvgIpc) is 3.55. The quantitative estimate of drug-likeness (QED) is 0.171. The Hall–Kier alpha value is -6.45. The summed E-state index contributed by atoms with van der Waals surface area (Å²) in [5.41, 5.74) is 10.6. The van der Waals surface area contributed by atoms with Gasteiger partial charge in [-0.2, -0.15) is 5.26 Å².